The van der Waals surface area contributed by atoms with Crippen molar-refractivity contribution in [2.75, 3.05) is 0 Å². The average Bonchev–Trinajstić information content (AvgIpc) is 2.30. The minimum Gasteiger partial charge on any atom is -0.143 e. The second-order valence-corrected chi connectivity index (χ2v) is 4.55. The Morgan fingerprint density at radius 2 is 0.875 bits per heavy atom. The lowest BCUT2D eigenvalue weighted by Crippen LogP contribution is -1.73. The molecule has 0 atom stereocenters. The van der Waals surface area contributed by atoms with Gasteiger partial charge in [0.15, 0.2) is 0 Å². The summed E-state index contributed by atoms with van der Waals surface area (Å²) in [6.45, 7) is 0. The summed E-state index contributed by atoms with van der Waals surface area (Å²) in [6, 6.07) is 16.1. The fraction of sp³-hybridized carbons (Fsp3) is 0. The Kier molecular flexibility index (Phi) is 3.75. The molecule has 0 bridgehead atoms. The van der Waals surface area contributed by atoms with E-state index in [2.05, 4.69) is 37.4 Å². The molecular weight excluding hydrogens is 232 g/mol. The van der Waals surface area contributed by atoms with Crippen molar-refractivity contribution >= 4 is 37.4 Å². The highest BCUT2D eigenvalue weighted by molar-refractivity contribution is 7.80. The van der Waals surface area contributed by atoms with Crippen molar-refractivity contribution in [3.05, 3.63) is 59.7 Å². The van der Waals surface area contributed by atoms with Crippen LogP contribution in [0.4, 0.5) is 0 Å². The second-order valence-electron chi connectivity index (χ2n) is 3.52. The largest absolute Gasteiger partial charge is 0.143 e. The smallest absolute Gasteiger partial charge is 0.00403 e. The van der Waals surface area contributed by atoms with Crippen molar-refractivity contribution in [3.8, 4) is 0 Å². The van der Waals surface area contributed by atoms with Gasteiger partial charge in [-0.3, -0.25) is 0 Å². The predicted octanol–water partition coefficient (Wildman–Crippen LogP) is 4.43. The monoisotopic (exact) mass is 244 g/mol. The van der Waals surface area contributed by atoms with E-state index in [-0.39, 0.29) is 0 Å². The molecule has 0 amide bonds. The predicted molar refractivity (Wildman–Crippen MR) is 76.3 cm³/mol. The van der Waals surface area contributed by atoms with Crippen molar-refractivity contribution in [1.29, 1.82) is 0 Å². The molecule has 0 aliphatic heterocycles. The van der Waals surface area contributed by atoms with E-state index in [1.54, 1.807) is 0 Å². The Hall–Kier alpha value is -1.12. The zero-order valence-electron chi connectivity index (χ0n) is 8.67. The zero-order valence-corrected chi connectivity index (χ0v) is 10.5. The quantitative estimate of drug-likeness (QED) is 0.566. The van der Waals surface area contributed by atoms with Gasteiger partial charge in [0.25, 0.3) is 0 Å². The van der Waals surface area contributed by atoms with Crippen LogP contribution in [0.2, 0.25) is 0 Å². The highest BCUT2D eigenvalue weighted by Crippen LogP contribution is 2.13. The van der Waals surface area contributed by atoms with Crippen LogP contribution >= 0.6 is 25.3 Å². The summed E-state index contributed by atoms with van der Waals surface area (Å²) >= 11 is 8.50. The van der Waals surface area contributed by atoms with Crippen LogP contribution in [0.15, 0.2) is 58.3 Å². The molecule has 2 rings (SSSR count). The molecule has 80 valence electrons. The minimum absolute atomic E-state index is 0.983. The number of hydrogen-bond donors (Lipinski definition) is 2. The summed E-state index contributed by atoms with van der Waals surface area (Å²) in [7, 11) is 0. The minimum atomic E-state index is 0.983. The van der Waals surface area contributed by atoms with Gasteiger partial charge in [0.1, 0.15) is 0 Å². The van der Waals surface area contributed by atoms with Crippen molar-refractivity contribution in [1.82, 2.24) is 0 Å². The van der Waals surface area contributed by atoms with Crippen molar-refractivity contribution < 1.29 is 0 Å². The normalized spacial score (nSPS) is 10.9. The van der Waals surface area contributed by atoms with Gasteiger partial charge in [0, 0.05) is 9.79 Å². The molecule has 0 nitrogen and oxygen atoms in total. The van der Waals surface area contributed by atoms with Gasteiger partial charge < -0.3 is 0 Å². The Morgan fingerprint density at radius 1 is 0.562 bits per heavy atom. The van der Waals surface area contributed by atoms with Crippen LogP contribution in [0.1, 0.15) is 11.1 Å². The van der Waals surface area contributed by atoms with E-state index in [9.17, 15) is 0 Å². The standard InChI is InChI=1S/C14H12S2/c15-13-7-3-11(4-8-13)1-2-12-5-9-14(16)10-6-12/h1-10,15-16H. The van der Waals surface area contributed by atoms with Crippen LogP contribution in [0.3, 0.4) is 0 Å². The Labute approximate surface area is 107 Å². The lowest BCUT2D eigenvalue weighted by molar-refractivity contribution is 1.46. The van der Waals surface area contributed by atoms with E-state index in [4.69, 9.17) is 0 Å². The molecule has 0 fully saturated rings. The highest BCUT2D eigenvalue weighted by atomic mass is 32.1. The maximum atomic E-state index is 4.25. The topological polar surface area (TPSA) is 0 Å². The molecule has 2 aromatic rings. The molecule has 0 saturated carbocycles. The molecular formula is C14H12S2. The van der Waals surface area contributed by atoms with E-state index in [0.29, 0.717) is 0 Å². The molecule has 2 heteroatoms. The molecule has 0 unspecified atom stereocenters. The van der Waals surface area contributed by atoms with Crippen LogP contribution in [0.5, 0.6) is 0 Å². The first-order valence-corrected chi connectivity index (χ1v) is 5.90. The van der Waals surface area contributed by atoms with Crippen LogP contribution in [-0.2, 0) is 0 Å². The van der Waals surface area contributed by atoms with Gasteiger partial charge in [0.05, 0.1) is 0 Å². The molecule has 0 N–H and O–H groups in total. The first-order chi connectivity index (χ1) is 7.74. The van der Waals surface area contributed by atoms with E-state index in [1.807, 2.05) is 48.5 Å². The fourth-order valence-corrected chi connectivity index (χ4v) is 1.66. The van der Waals surface area contributed by atoms with Crippen LogP contribution < -0.4 is 0 Å². The SMILES string of the molecule is Sc1ccc(C=Cc2ccc(S)cc2)cc1. The molecule has 0 aromatic heterocycles. The van der Waals surface area contributed by atoms with Crippen LogP contribution in [-0.4, -0.2) is 0 Å². The van der Waals surface area contributed by atoms with Gasteiger partial charge >= 0.3 is 0 Å². The van der Waals surface area contributed by atoms with Gasteiger partial charge in [0.2, 0.25) is 0 Å². The van der Waals surface area contributed by atoms with E-state index >= 15 is 0 Å². The third-order valence-electron chi connectivity index (χ3n) is 2.25. The van der Waals surface area contributed by atoms with Gasteiger partial charge in [-0.1, -0.05) is 36.4 Å². The van der Waals surface area contributed by atoms with Gasteiger partial charge in [-0.15, -0.1) is 25.3 Å². The van der Waals surface area contributed by atoms with Gasteiger partial charge in [-0.2, -0.15) is 0 Å². The summed E-state index contributed by atoms with van der Waals surface area (Å²) in [5, 5.41) is 0. The molecule has 0 saturated heterocycles. The molecule has 0 aliphatic rings. The van der Waals surface area contributed by atoms with E-state index in [0.717, 1.165) is 9.79 Å². The lowest BCUT2D eigenvalue weighted by Gasteiger charge is -1.96. The Bertz CT molecular complexity index is 434. The first kappa shape index (κ1) is 11.4. The first-order valence-electron chi connectivity index (χ1n) is 5.00. The summed E-state index contributed by atoms with van der Waals surface area (Å²) in [5.74, 6) is 0. The lowest BCUT2D eigenvalue weighted by atomic mass is 10.1. The molecule has 0 spiro atoms. The number of hydrogen-bond acceptors (Lipinski definition) is 2. The number of benzene rings is 2. The van der Waals surface area contributed by atoms with Crippen molar-refractivity contribution in [2.45, 2.75) is 9.79 Å². The molecule has 2 aromatic carbocycles. The summed E-state index contributed by atoms with van der Waals surface area (Å²) in [6.07, 6.45) is 4.17. The third-order valence-corrected chi connectivity index (χ3v) is 2.85. The summed E-state index contributed by atoms with van der Waals surface area (Å²) in [5.41, 5.74) is 2.35. The maximum Gasteiger partial charge on any atom is 0.00403 e. The van der Waals surface area contributed by atoms with E-state index in [1.165, 1.54) is 11.1 Å². The van der Waals surface area contributed by atoms with Crippen LogP contribution in [0, 0.1) is 0 Å². The summed E-state index contributed by atoms with van der Waals surface area (Å²) in [4.78, 5) is 1.97. The Morgan fingerprint density at radius 3 is 1.19 bits per heavy atom. The zero-order chi connectivity index (χ0) is 11.4. The molecule has 16 heavy (non-hydrogen) atoms. The van der Waals surface area contributed by atoms with E-state index < -0.39 is 0 Å². The number of rotatable bonds is 2. The van der Waals surface area contributed by atoms with Crippen molar-refractivity contribution in [3.63, 3.8) is 0 Å². The Balaban J connectivity index is 2.15. The number of thiol groups is 2. The molecule has 0 heterocycles. The molecule has 0 radical (unpaired) electrons. The fourth-order valence-electron chi connectivity index (χ4n) is 1.36. The van der Waals surface area contributed by atoms with Gasteiger partial charge in [-0.05, 0) is 35.4 Å². The maximum absolute atomic E-state index is 4.25. The molecule has 0 aliphatic carbocycles. The second kappa shape index (κ2) is 5.28. The summed E-state index contributed by atoms with van der Waals surface area (Å²) < 4.78 is 0. The average molecular weight is 244 g/mol. The van der Waals surface area contributed by atoms with Crippen LogP contribution in [0.25, 0.3) is 12.2 Å². The highest BCUT2D eigenvalue weighted by Gasteiger charge is 1.89. The third kappa shape index (κ3) is 3.19. The van der Waals surface area contributed by atoms with Crippen molar-refractivity contribution in [2.24, 2.45) is 0 Å². The van der Waals surface area contributed by atoms with Gasteiger partial charge in [-0.25, -0.2) is 0 Å².